The number of rotatable bonds is 3. The van der Waals surface area contributed by atoms with E-state index in [1.807, 2.05) is 23.3 Å². The maximum atomic E-state index is 5.40. The second-order valence-electron chi connectivity index (χ2n) is 4.82. The predicted molar refractivity (Wildman–Crippen MR) is 71.2 cm³/mol. The van der Waals surface area contributed by atoms with Crippen molar-refractivity contribution in [1.82, 2.24) is 19.6 Å². The number of methoxy groups -OCH3 is 2. The third-order valence-corrected chi connectivity index (χ3v) is 3.69. The zero-order valence-corrected chi connectivity index (χ0v) is 11.7. The van der Waals surface area contributed by atoms with E-state index in [4.69, 9.17) is 9.47 Å². The summed E-state index contributed by atoms with van der Waals surface area (Å²) >= 11 is 0. The van der Waals surface area contributed by atoms with Crippen LogP contribution < -0.4 is 5.32 Å². The van der Waals surface area contributed by atoms with E-state index in [9.17, 15) is 0 Å². The first kappa shape index (κ1) is 12.4. The molecule has 0 radical (unpaired) electrons. The molecule has 1 atom stereocenters. The summed E-state index contributed by atoms with van der Waals surface area (Å²) in [5.41, 5.74) is 1.87. The Morgan fingerprint density at radius 1 is 1.32 bits per heavy atom. The molecule has 7 nitrogen and oxygen atoms in total. The van der Waals surface area contributed by atoms with E-state index in [1.165, 1.54) is 0 Å². The van der Waals surface area contributed by atoms with Crippen LogP contribution >= 0.6 is 0 Å². The minimum absolute atomic E-state index is 0.0815. The fourth-order valence-corrected chi connectivity index (χ4v) is 2.84. The quantitative estimate of drug-likeness (QED) is 0.840. The number of nitrogens with zero attached hydrogens (tertiary/aromatic N) is 4. The molecule has 2 aromatic rings. The molecule has 7 heteroatoms. The second kappa shape index (κ2) is 4.50. The highest BCUT2D eigenvalue weighted by molar-refractivity contribution is 5.90. The summed E-state index contributed by atoms with van der Waals surface area (Å²) in [7, 11) is 5.23. The third kappa shape index (κ3) is 1.73. The first-order chi connectivity index (χ1) is 9.17. The molecular formula is C12H19N5O2. The number of ether oxygens (including phenoxy) is 2. The highest BCUT2D eigenvalue weighted by Gasteiger charge is 2.31. The fraction of sp³-hybridized carbons (Fsp3) is 0.667. The van der Waals surface area contributed by atoms with Gasteiger partial charge in [-0.3, -0.25) is 0 Å². The van der Waals surface area contributed by atoms with E-state index in [0.29, 0.717) is 0 Å². The van der Waals surface area contributed by atoms with Crippen molar-refractivity contribution >= 4 is 16.9 Å². The molecule has 2 aromatic heterocycles. The lowest BCUT2D eigenvalue weighted by atomic mass is 10.1. The van der Waals surface area contributed by atoms with Gasteiger partial charge in [-0.15, -0.1) is 0 Å². The van der Waals surface area contributed by atoms with Crippen LogP contribution in [-0.4, -0.2) is 46.6 Å². The van der Waals surface area contributed by atoms with Gasteiger partial charge in [0.25, 0.3) is 0 Å². The van der Waals surface area contributed by atoms with Crippen molar-refractivity contribution in [3.05, 3.63) is 5.69 Å². The first-order valence-electron chi connectivity index (χ1n) is 6.38. The molecule has 0 saturated heterocycles. The number of anilines is 1. The lowest BCUT2D eigenvalue weighted by Gasteiger charge is -2.30. The van der Waals surface area contributed by atoms with Crippen molar-refractivity contribution in [2.45, 2.75) is 25.7 Å². The summed E-state index contributed by atoms with van der Waals surface area (Å²) in [4.78, 5) is 0. The highest BCUT2D eigenvalue weighted by atomic mass is 16.7. The first-order valence-corrected chi connectivity index (χ1v) is 6.38. The summed E-state index contributed by atoms with van der Waals surface area (Å²) in [6.07, 6.45) is 0.628. The molecule has 1 unspecified atom stereocenters. The minimum atomic E-state index is -0.288. The molecule has 1 N–H and O–H groups in total. The SMILES string of the molecule is COC(OC)C1CCNc2c3c(C)nn(C)c3nn21. The van der Waals surface area contributed by atoms with Crippen LogP contribution in [0.25, 0.3) is 11.0 Å². The standard InChI is InChI=1S/C12H19N5O2/c1-7-9-10-13-6-5-8(12(18-3)19-4)17(10)15-11(9)16(2)14-7/h8,12-13H,5-6H2,1-4H3. The molecular weight excluding hydrogens is 246 g/mol. The van der Waals surface area contributed by atoms with Crippen molar-refractivity contribution < 1.29 is 9.47 Å². The van der Waals surface area contributed by atoms with Crippen molar-refractivity contribution in [2.24, 2.45) is 7.05 Å². The van der Waals surface area contributed by atoms with E-state index in [1.54, 1.807) is 14.2 Å². The number of aromatic nitrogens is 4. The Kier molecular flexibility index (Phi) is 2.94. The lowest BCUT2D eigenvalue weighted by molar-refractivity contribution is -0.135. The average Bonchev–Trinajstić information content (AvgIpc) is 2.91. The fourth-order valence-electron chi connectivity index (χ4n) is 2.84. The van der Waals surface area contributed by atoms with E-state index >= 15 is 0 Å². The largest absolute Gasteiger partial charge is 0.370 e. The topological polar surface area (TPSA) is 66.1 Å². The Balaban J connectivity index is 2.15. The molecule has 3 rings (SSSR count). The van der Waals surface area contributed by atoms with Crippen molar-refractivity contribution in [1.29, 1.82) is 0 Å². The molecule has 1 aliphatic rings. The molecule has 0 aliphatic carbocycles. The van der Waals surface area contributed by atoms with Crippen LogP contribution in [0.4, 0.5) is 5.82 Å². The number of hydrogen-bond acceptors (Lipinski definition) is 5. The van der Waals surface area contributed by atoms with Crippen LogP contribution in [0.2, 0.25) is 0 Å². The van der Waals surface area contributed by atoms with Crippen LogP contribution in [-0.2, 0) is 16.5 Å². The van der Waals surface area contributed by atoms with Crippen molar-refractivity contribution in [2.75, 3.05) is 26.1 Å². The third-order valence-electron chi connectivity index (χ3n) is 3.69. The smallest absolute Gasteiger partial charge is 0.182 e. The monoisotopic (exact) mass is 265 g/mol. The van der Waals surface area contributed by atoms with E-state index < -0.39 is 0 Å². The molecule has 0 aromatic carbocycles. The molecule has 104 valence electrons. The Morgan fingerprint density at radius 3 is 2.74 bits per heavy atom. The Hall–Kier alpha value is -1.60. The van der Waals surface area contributed by atoms with Crippen LogP contribution in [0.15, 0.2) is 0 Å². The van der Waals surface area contributed by atoms with Crippen LogP contribution in [0.5, 0.6) is 0 Å². The zero-order chi connectivity index (χ0) is 13.6. The number of nitrogens with one attached hydrogen (secondary N) is 1. The van der Waals surface area contributed by atoms with Gasteiger partial charge in [-0.2, -0.15) is 10.2 Å². The molecule has 0 saturated carbocycles. The van der Waals surface area contributed by atoms with Gasteiger partial charge in [-0.1, -0.05) is 0 Å². The van der Waals surface area contributed by atoms with Crippen LogP contribution in [0.1, 0.15) is 18.2 Å². The van der Waals surface area contributed by atoms with Crippen LogP contribution in [0.3, 0.4) is 0 Å². The normalized spacial score (nSPS) is 18.9. The van der Waals surface area contributed by atoms with E-state index in [2.05, 4.69) is 15.5 Å². The van der Waals surface area contributed by atoms with Gasteiger partial charge in [0, 0.05) is 27.8 Å². The van der Waals surface area contributed by atoms with Gasteiger partial charge in [-0.25, -0.2) is 9.36 Å². The summed E-state index contributed by atoms with van der Waals surface area (Å²) < 4.78 is 14.6. The van der Waals surface area contributed by atoms with Gasteiger partial charge in [0.1, 0.15) is 11.9 Å². The van der Waals surface area contributed by atoms with Gasteiger partial charge < -0.3 is 14.8 Å². The number of hydrogen-bond donors (Lipinski definition) is 1. The zero-order valence-electron chi connectivity index (χ0n) is 11.7. The lowest BCUT2D eigenvalue weighted by Crippen LogP contribution is -2.34. The summed E-state index contributed by atoms with van der Waals surface area (Å²) in [6, 6.07) is 0.0815. The van der Waals surface area contributed by atoms with Crippen LogP contribution in [0, 0.1) is 6.92 Å². The van der Waals surface area contributed by atoms with E-state index in [0.717, 1.165) is 35.5 Å². The molecule has 0 fully saturated rings. The number of fused-ring (bicyclic) bond motifs is 3. The van der Waals surface area contributed by atoms with Gasteiger partial charge in [0.2, 0.25) is 0 Å². The maximum absolute atomic E-state index is 5.40. The van der Waals surface area contributed by atoms with E-state index in [-0.39, 0.29) is 12.3 Å². The van der Waals surface area contributed by atoms with Gasteiger partial charge in [-0.05, 0) is 13.3 Å². The second-order valence-corrected chi connectivity index (χ2v) is 4.82. The molecule has 0 spiro atoms. The molecule has 19 heavy (non-hydrogen) atoms. The number of aryl methyl sites for hydroxylation is 2. The highest BCUT2D eigenvalue weighted by Crippen LogP contribution is 2.34. The van der Waals surface area contributed by atoms with Gasteiger partial charge in [0.15, 0.2) is 11.9 Å². The van der Waals surface area contributed by atoms with Crippen molar-refractivity contribution in [3.8, 4) is 0 Å². The molecule has 3 heterocycles. The predicted octanol–water partition coefficient (Wildman–Crippen LogP) is 1.05. The minimum Gasteiger partial charge on any atom is -0.370 e. The Morgan fingerprint density at radius 2 is 2.05 bits per heavy atom. The molecule has 0 amide bonds. The summed E-state index contributed by atoms with van der Waals surface area (Å²) in [5.74, 6) is 1.01. The average molecular weight is 265 g/mol. The summed E-state index contributed by atoms with van der Waals surface area (Å²) in [6.45, 7) is 2.88. The Bertz CT molecular complexity index is 599. The van der Waals surface area contributed by atoms with Gasteiger partial charge >= 0.3 is 0 Å². The maximum Gasteiger partial charge on any atom is 0.182 e. The molecule has 1 aliphatic heterocycles. The van der Waals surface area contributed by atoms with Crippen molar-refractivity contribution in [3.63, 3.8) is 0 Å². The Labute approximate surface area is 111 Å². The van der Waals surface area contributed by atoms with Gasteiger partial charge in [0.05, 0.1) is 11.1 Å². The molecule has 0 bridgehead atoms. The summed E-state index contributed by atoms with van der Waals surface area (Å²) in [5, 5.41) is 13.6.